The second-order valence-corrected chi connectivity index (χ2v) is 3.96. The molecule has 1 aliphatic rings. The standard InChI is InChI=1S/C7H12S/c1-3-6(2)8-7-4-5-7/h3,6-7H,1,4-5H2,2H3. The molecule has 8 heavy (non-hydrogen) atoms. The summed E-state index contributed by atoms with van der Waals surface area (Å²) in [4.78, 5) is 0. The second-order valence-electron chi connectivity index (χ2n) is 2.28. The van der Waals surface area contributed by atoms with Gasteiger partial charge in [0.25, 0.3) is 0 Å². The summed E-state index contributed by atoms with van der Waals surface area (Å²) in [6.07, 6.45) is 4.88. The van der Waals surface area contributed by atoms with Gasteiger partial charge in [0.15, 0.2) is 0 Å². The third-order valence-electron chi connectivity index (χ3n) is 1.26. The van der Waals surface area contributed by atoms with Gasteiger partial charge in [-0.2, -0.15) is 11.8 Å². The quantitative estimate of drug-likeness (QED) is 0.526. The molecule has 0 N–H and O–H groups in total. The van der Waals surface area contributed by atoms with E-state index in [9.17, 15) is 0 Å². The Balaban J connectivity index is 2.06. The van der Waals surface area contributed by atoms with Crippen molar-refractivity contribution in [1.82, 2.24) is 0 Å². The summed E-state index contributed by atoms with van der Waals surface area (Å²) in [6.45, 7) is 5.92. The normalized spacial score (nSPS) is 22.6. The molecular weight excluding hydrogens is 116 g/mol. The molecular formula is C7H12S. The van der Waals surface area contributed by atoms with Gasteiger partial charge in [0.1, 0.15) is 0 Å². The summed E-state index contributed by atoms with van der Waals surface area (Å²) in [5.41, 5.74) is 0. The maximum absolute atomic E-state index is 3.72. The first kappa shape index (κ1) is 6.21. The second kappa shape index (κ2) is 2.58. The Labute approximate surface area is 55.4 Å². The first-order valence-electron chi connectivity index (χ1n) is 3.11. The van der Waals surface area contributed by atoms with E-state index >= 15 is 0 Å². The summed E-state index contributed by atoms with van der Waals surface area (Å²) < 4.78 is 0. The van der Waals surface area contributed by atoms with Crippen molar-refractivity contribution in [1.29, 1.82) is 0 Å². The molecule has 1 heteroatoms. The molecule has 1 aliphatic carbocycles. The summed E-state index contributed by atoms with van der Waals surface area (Å²) in [5.74, 6) is 0. The summed E-state index contributed by atoms with van der Waals surface area (Å²) in [6, 6.07) is 0. The van der Waals surface area contributed by atoms with Crippen LogP contribution in [0.4, 0.5) is 0 Å². The summed E-state index contributed by atoms with van der Waals surface area (Å²) in [7, 11) is 0. The summed E-state index contributed by atoms with van der Waals surface area (Å²) in [5, 5.41) is 1.64. The zero-order valence-corrected chi connectivity index (χ0v) is 6.08. The minimum atomic E-state index is 0.669. The fraction of sp³-hybridized carbons (Fsp3) is 0.714. The van der Waals surface area contributed by atoms with E-state index in [1.807, 2.05) is 17.8 Å². The molecule has 0 nitrogen and oxygen atoms in total. The fourth-order valence-electron chi connectivity index (χ4n) is 0.563. The molecule has 0 heterocycles. The van der Waals surface area contributed by atoms with Crippen LogP contribution in [0.2, 0.25) is 0 Å². The van der Waals surface area contributed by atoms with Gasteiger partial charge in [0.05, 0.1) is 0 Å². The third kappa shape index (κ3) is 1.91. The average molecular weight is 128 g/mol. The molecule has 0 bridgehead atoms. The highest BCUT2D eigenvalue weighted by Crippen LogP contribution is 2.36. The van der Waals surface area contributed by atoms with Gasteiger partial charge in [-0.15, -0.1) is 6.58 Å². The van der Waals surface area contributed by atoms with Gasteiger partial charge in [-0.3, -0.25) is 0 Å². The molecule has 46 valence electrons. The van der Waals surface area contributed by atoms with Gasteiger partial charge < -0.3 is 0 Å². The van der Waals surface area contributed by atoms with Gasteiger partial charge in [0, 0.05) is 10.5 Å². The molecule has 1 fully saturated rings. The molecule has 1 atom stereocenters. The number of thioether (sulfide) groups is 1. The molecule has 1 unspecified atom stereocenters. The minimum Gasteiger partial charge on any atom is -0.151 e. The predicted molar refractivity (Wildman–Crippen MR) is 40.3 cm³/mol. The predicted octanol–water partition coefficient (Wildman–Crippen LogP) is 2.46. The highest BCUT2D eigenvalue weighted by molar-refractivity contribution is 8.00. The van der Waals surface area contributed by atoms with Crippen LogP contribution in [0.5, 0.6) is 0 Å². The van der Waals surface area contributed by atoms with Gasteiger partial charge in [-0.05, 0) is 19.8 Å². The van der Waals surface area contributed by atoms with E-state index in [4.69, 9.17) is 0 Å². The monoisotopic (exact) mass is 128 g/mol. The maximum Gasteiger partial charge on any atom is 0.0198 e. The van der Waals surface area contributed by atoms with Crippen molar-refractivity contribution in [2.24, 2.45) is 0 Å². The van der Waals surface area contributed by atoms with E-state index in [0.717, 1.165) is 5.25 Å². The zero-order chi connectivity index (χ0) is 5.98. The van der Waals surface area contributed by atoms with E-state index in [2.05, 4.69) is 13.5 Å². The Morgan fingerprint density at radius 2 is 2.38 bits per heavy atom. The lowest BCUT2D eigenvalue weighted by atomic mass is 10.5. The zero-order valence-electron chi connectivity index (χ0n) is 5.26. The van der Waals surface area contributed by atoms with E-state index in [-0.39, 0.29) is 0 Å². The minimum absolute atomic E-state index is 0.669. The molecule has 0 spiro atoms. The molecule has 0 aromatic heterocycles. The Morgan fingerprint density at radius 3 is 2.75 bits per heavy atom. The lowest BCUT2D eigenvalue weighted by Crippen LogP contribution is -1.89. The molecule has 0 aliphatic heterocycles. The Kier molecular flexibility index (Phi) is 2.01. The van der Waals surface area contributed by atoms with Gasteiger partial charge in [-0.25, -0.2) is 0 Å². The van der Waals surface area contributed by atoms with E-state index in [1.165, 1.54) is 12.8 Å². The van der Waals surface area contributed by atoms with Crippen LogP contribution in [0.25, 0.3) is 0 Å². The molecule has 0 radical (unpaired) electrons. The van der Waals surface area contributed by atoms with Gasteiger partial charge >= 0.3 is 0 Å². The molecule has 0 amide bonds. The molecule has 0 aromatic carbocycles. The van der Waals surface area contributed by atoms with E-state index < -0.39 is 0 Å². The van der Waals surface area contributed by atoms with Crippen molar-refractivity contribution < 1.29 is 0 Å². The van der Waals surface area contributed by atoms with Crippen molar-refractivity contribution in [2.45, 2.75) is 30.3 Å². The lowest BCUT2D eigenvalue weighted by Gasteiger charge is -2.00. The fourth-order valence-corrected chi connectivity index (χ4v) is 1.69. The number of hydrogen-bond acceptors (Lipinski definition) is 1. The SMILES string of the molecule is C=CC(C)SC1CC1. The first-order chi connectivity index (χ1) is 3.83. The Hall–Kier alpha value is 0.0900. The van der Waals surface area contributed by atoms with E-state index in [1.54, 1.807) is 0 Å². The topological polar surface area (TPSA) is 0 Å². The highest BCUT2D eigenvalue weighted by atomic mass is 32.2. The maximum atomic E-state index is 3.72. The largest absolute Gasteiger partial charge is 0.151 e. The van der Waals surface area contributed by atoms with E-state index in [0.29, 0.717) is 5.25 Å². The van der Waals surface area contributed by atoms with Crippen LogP contribution in [0.15, 0.2) is 12.7 Å². The van der Waals surface area contributed by atoms with Crippen molar-refractivity contribution in [3.05, 3.63) is 12.7 Å². The van der Waals surface area contributed by atoms with Crippen molar-refractivity contribution in [2.75, 3.05) is 0 Å². The molecule has 0 saturated heterocycles. The van der Waals surface area contributed by atoms with Crippen LogP contribution >= 0.6 is 11.8 Å². The molecule has 1 rings (SSSR count). The van der Waals surface area contributed by atoms with Gasteiger partial charge in [0.2, 0.25) is 0 Å². The van der Waals surface area contributed by atoms with Crippen LogP contribution in [0.1, 0.15) is 19.8 Å². The van der Waals surface area contributed by atoms with Crippen LogP contribution in [0, 0.1) is 0 Å². The van der Waals surface area contributed by atoms with Crippen LogP contribution in [-0.2, 0) is 0 Å². The average Bonchev–Trinajstić information content (AvgIpc) is 2.50. The Morgan fingerprint density at radius 1 is 1.75 bits per heavy atom. The van der Waals surface area contributed by atoms with Crippen LogP contribution in [0.3, 0.4) is 0 Å². The van der Waals surface area contributed by atoms with Crippen LogP contribution in [-0.4, -0.2) is 10.5 Å². The van der Waals surface area contributed by atoms with Gasteiger partial charge in [-0.1, -0.05) is 6.08 Å². The number of rotatable bonds is 3. The molecule has 1 saturated carbocycles. The highest BCUT2D eigenvalue weighted by Gasteiger charge is 2.22. The van der Waals surface area contributed by atoms with Crippen molar-refractivity contribution >= 4 is 11.8 Å². The lowest BCUT2D eigenvalue weighted by molar-refractivity contribution is 1.24. The number of hydrogen-bond donors (Lipinski definition) is 0. The smallest absolute Gasteiger partial charge is 0.0198 e. The first-order valence-corrected chi connectivity index (χ1v) is 4.05. The Bertz CT molecular complexity index is 84.4. The van der Waals surface area contributed by atoms with Crippen molar-refractivity contribution in [3.63, 3.8) is 0 Å². The third-order valence-corrected chi connectivity index (χ3v) is 2.74. The summed E-state index contributed by atoms with van der Waals surface area (Å²) >= 11 is 2.05. The van der Waals surface area contributed by atoms with Crippen molar-refractivity contribution in [3.8, 4) is 0 Å². The van der Waals surface area contributed by atoms with Crippen LogP contribution < -0.4 is 0 Å². The molecule has 0 aromatic rings.